The fraction of sp³-hybridized carbons (Fsp3) is 0.115. The van der Waals surface area contributed by atoms with Gasteiger partial charge >= 0.3 is 0 Å². The highest BCUT2D eigenvalue weighted by atomic mass is 16.1. The number of carbonyl (C=O) groups is 2. The lowest BCUT2D eigenvalue weighted by Gasteiger charge is -2.41. The molecule has 2 aliphatic heterocycles. The molecule has 0 amide bonds. The summed E-state index contributed by atoms with van der Waals surface area (Å²) >= 11 is 0. The highest BCUT2D eigenvalue weighted by Gasteiger charge is 2.41. The van der Waals surface area contributed by atoms with Gasteiger partial charge in [0.05, 0.1) is 28.8 Å². The van der Waals surface area contributed by atoms with Crippen LogP contribution in [0.2, 0.25) is 0 Å². The topological polar surface area (TPSA) is 49.7 Å². The van der Waals surface area contributed by atoms with Crippen LogP contribution in [0, 0.1) is 0 Å². The molecule has 3 aromatic rings. The number of anilines is 1. The van der Waals surface area contributed by atoms with Gasteiger partial charge < -0.3 is 4.90 Å². The predicted molar refractivity (Wildman–Crippen MR) is 119 cm³/mol. The van der Waals surface area contributed by atoms with Gasteiger partial charge in [-0.15, -0.1) is 0 Å². The van der Waals surface area contributed by atoms with Gasteiger partial charge in [-0.05, 0) is 55.0 Å². The van der Waals surface area contributed by atoms with Crippen LogP contribution < -0.4 is 4.90 Å². The van der Waals surface area contributed by atoms with E-state index >= 15 is 0 Å². The molecule has 0 bridgehead atoms. The number of para-hydroxylation sites is 2. The molecule has 4 heteroatoms. The van der Waals surface area contributed by atoms with E-state index < -0.39 is 0 Å². The molecule has 0 saturated heterocycles. The van der Waals surface area contributed by atoms with Crippen LogP contribution in [0.5, 0.6) is 0 Å². The van der Waals surface area contributed by atoms with Crippen LogP contribution in [0.15, 0.2) is 88.6 Å². The minimum Gasteiger partial charge on any atom is -0.331 e. The summed E-state index contributed by atoms with van der Waals surface area (Å²) in [6.07, 6.45) is 1.85. The summed E-state index contributed by atoms with van der Waals surface area (Å²) in [5, 5.41) is 1.93. The molecule has 0 N–H and O–H groups in total. The minimum atomic E-state index is -0.261. The van der Waals surface area contributed by atoms with Crippen molar-refractivity contribution in [2.45, 2.75) is 19.9 Å². The van der Waals surface area contributed by atoms with Gasteiger partial charge in [0.1, 0.15) is 0 Å². The normalized spacial score (nSPS) is 19.7. The van der Waals surface area contributed by atoms with Crippen LogP contribution >= 0.6 is 0 Å². The average molecular weight is 390 g/mol. The monoisotopic (exact) mass is 390 g/mol. The van der Waals surface area contributed by atoms with Crippen molar-refractivity contribution in [3.05, 3.63) is 94.7 Å². The number of hydrogen-bond acceptors (Lipinski definition) is 4. The highest BCUT2D eigenvalue weighted by molar-refractivity contribution is 6.31. The van der Waals surface area contributed by atoms with Crippen LogP contribution in [-0.2, 0) is 0 Å². The van der Waals surface area contributed by atoms with Crippen molar-refractivity contribution in [2.24, 2.45) is 4.99 Å². The van der Waals surface area contributed by atoms with Gasteiger partial charge in [-0.3, -0.25) is 9.59 Å². The number of carbonyl (C=O) groups excluding carboxylic acids is 2. The summed E-state index contributed by atoms with van der Waals surface area (Å²) in [7, 11) is 0. The van der Waals surface area contributed by atoms with Crippen molar-refractivity contribution in [1.82, 2.24) is 0 Å². The molecule has 4 nitrogen and oxygen atoms in total. The van der Waals surface area contributed by atoms with Crippen molar-refractivity contribution in [3.8, 4) is 0 Å². The Morgan fingerprint density at radius 2 is 1.50 bits per heavy atom. The molecule has 6 rings (SSSR count). The molecule has 0 aromatic heterocycles. The van der Waals surface area contributed by atoms with Gasteiger partial charge in [-0.1, -0.05) is 36.4 Å². The zero-order chi connectivity index (χ0) is 20.6. The number of Topliss-reactive ketones (excluding diaryl/α,β-unsaturated/α-hetero) is 2. The number of hydrogen-bond donors (Lipinski definition) is 0. The molecule has 2 heterocycles. The van der Waals surface area contributed by atoms with Crippen molar-refractivity contribution < 1.29 is 9.59 Å². The lowest BCUT2D eigenvalue weighted by Crippen LogP contribution is -2.44. The number of aliphatic imine (C=N–C) groups is 1. The Morgan fingerprint density at radius 3 is 2.23 bits per heavy atom. The van der Waals surface area contributed by atoms with Gasteiger partial charge in [0, 0.05) is 22.3 Å². The van der Waals surface area contributed by atoms with Gasteiger partial charge in [0.15, 0.2) is 11.6 Å². The molecule has 1 aliphatic carbocycles. The maximum atomic E-state index is 13.6. The first-order chi connectivity index (χ1) is 14.5. The molecule has 0 saturated carbocycles. The first-order valence-corrected chi connectivity index (χ1v) is 10.1. The quantitative estimate of drug-likeness (QED) is 0.515. The van der Waals surface area contributed by atoms with E-state index in [-0.39, 0.29) is 17.6 Å². The minimum absolute atomic E-state index is 0.0641. The zero-order valence-electron chi connectivity index (χ0n) is 16.6. The van der Waals surface area contributed by atoms with Crippen LogP contribution in [0.3, 0.4) is 0 Å². The van der Waals surface area contributed by atoms with E-state index in [1.54, 1.807) is 0 Å². The number of rotatable bonds is 0. The average Bonchev–Trinajstić information content (AvgIpc) is 2.76. The summed E-state index contributed by atoms with van der Waals surface area (Å²) in [6.45, 7) is 3.94. The van der Waals surface area contributed by atoms with Crippen LogP contribution in [-0.4, -0.2) is 23.3 Å². The third kappa shape index (κ3) is 2.13. The van der Waals surface area contributed by atoms with E-state index in [0.717, 1.165) is 33.6 Å². The Morgan fingerprint density at radius 1 is 0.867 bits per heavy atom. The van der Waals surface area contributed by atoms with Crippen LogP contribution in [0.4, 0.5) is 11.4 Å². The molecule has 30 heavy (non-hydrogen) atoms. The van der Waals surface area contributed by atoms with E-state index in [1.807, 2.05) is 80.6 Å². The summed E-state index contributed by atoms with van der Waals surface area (Å²) < 4.78 is 0. The largest absolute Gasteiger partial charge is 0.331 e. The SMILES string of the molecule is CC1=Nc2ccccc2N2C1=CC1=C(C(=O)c3cc4ccccc4cc3C1=O)[C@H]2C. The highest BCUT2D eigenvalue weighted by Crippen LogP contribution is 2.44. The third-order valence-electron chi connectivity index (χ3n) is 6.30. The molecular formula is C26H18N2O2. The Hall–Kier alpha value is -3.79. The Bertz CT molecular complexity index is 1410. The Balaban J connectivity index is 1.59. The predicted octanol–water partition coefficient (Wildman–Crippen LogP) is 5.41. The number of fused-ring (bicyclic) bond motifs is 5. The zero-order valence-corrected chi connectivity index (χ0v) is 16.6. The van der Waals surface area contributed by atoms with E-state index in [9.17, 15) is 9.59 Å². The van der Waals surface area contributed by atoms with Crippen molar-refractivity contribution in [1.29, 1.82) is 0 Å². The molecule has 3 aromatic carbocycles. The lowest BCUT2D eigenvalue weighted by atomic mass is 9.77. The molecule has 3 aliphatic rings. The van der Waals surface area contributed by atoms with Crippen molar-refractivity contribution >= 4 is 39.4 Å². The maximum absolute atomic E-state index is 13.6. The van der Waals surface area contributed by atoms with Gasteiger partial charge in [-0.25, -0.2) is 4.99 Å². The standard InChI is InChI=1S/C26H18N2O2/c1-14-23-13-20-24(15(2)28(23)22-10-6-5-9-21(22)27-14)26(30)19-12-17-8-4-3-7-16(17)11-18(19)25(20)29/h3-13,15H,1-2H3/t15-/m1/s1. The van der Waals surface area contributed by atoms with E-state index in [1.165, 1.54) is 0 Å². The Kier molecular flexibility index (Phi) is 3.34. The molecule has 0 spiro atoms. The molecule has 0 unspecified atom stereocenters. The maximum Gasteiger partial charge on any atom is 0.194 e. The molecule has 0 fully saturated rings. The van der Waals surface area contributed by atoms with Gasteiger partial charge in [0.2, 0.25) is 0 Å². The number of allylic oxidation sites excluding steroid dienone is 3. The van der Waals surface area contributed by atoms with Gasteiger partial charge in [-0.2, -0.15) is 0 Å². The van der Waals surface area contributed by atoms with Crippen LogP contribution in [0.1, 0.15) is 34.6 Å². The fourth-order valence-corrected chi connectivity index (χ4v) is 4.87. The summed E-state index contributed by atoms with van der Waals surface area (Å²) in [4.78, 5) is 34.0. The second-order valence-electron chi connectivity index (χ2n) is 7.99. The molecule has 144 valence electrons. The fourth-order valence-electron chi connectivity index (χ4n) is 4.87. The van der Waals surface area contributed by atoms with E-state index in [4.69, 9.17) is 4.99 Å². The Labute approximate surface area is 173 Å². The number of nitrogens with zero attached hydrogens (tertiary/aromatic N) is 2. The van der Waals surface area contributed by atoms with E-state index in [2.05, 4.69) is 4.90 Å². The third-order valence-corrected chi connectivity index (χ3v) is 6.30. The first-order valence-electron chi connectivity index (χ1n) is 10.1. The molecule has 1 atom stereocenters. The van der Waals surface area contributed by atoms with Crippen molar-refractivity contribution in [3.63, 3.8) is 0 Å². The number of ketones is 2. The first kappa shape index (κ1) is 17.1. The second-order valence-corrected chi connectivity index (χ2v) is 7.99. The second kappa shape index (κ2) is 5.86. The van der Waals surface area contributed by atoms with Gasteiger partial charge in [0.25, 0.3) is 0 Å². The van der Waals surface area contributed by atoms with Crippen LogP contribution in [0.25, 0.3) is 10.8 Å². The van der Waals surface area contributed by atoms with E-state index in [0.29, 0.717) is 22.3 Å². The lowest BCUT2D eigenvalue weighted by molar-refractivity contribution is 0.0972. The summed E-state index contributed by atoms with van der Waals surface area (Å²) in [5.41, 5.74) is 5.60. The summed E-state index contributed by atoms with van der Waals surface area (Å²) in [5.74, 6) is -0.151. The molecule has 0 radical (unpaired) electrons. The summed E-state index contributed by atoms with van der Waals surface area (Å²) in [6, 6.07) is 19.2. The molecular weight excluding hydrogens is 372 g/mol. The van der Waals surface area contributed by atoms with Crippen molar-refractivity contribution in [2.75, 3.05) is 4.90 Å². The number of benzene rings is 3. The smallest absolute Gasteiger partial charge is 0.194 e.